The first-order valence-corrected chi connectivity index (χ1v) is 6.64. The second-order valence-electron chi connectivity index (χ2n) is 5.05. The SMILES string of the molecule is Nc1ccc(CN2CCCc3ccccc32)cc1O. The van der Waals surface area contributed by atoms with Gasteiger partial charge in [-0.15, -0.1) is 0 Å². The second-order valence-corrected chi connectivity index (χ2v) is 5.05. The molecule has 19 heavy (non-hydrogen) atoms. The van der Waals surface area contributed by atoms with E-state index in [2.05, 4.69) is 29.2 Å². The first kappa shape index (κ1) is 11.9. The number of aromatic hydroxyl groups is 1. The molecule has 1 aliphatic heterocycles. The number of hydrogen-bond donors (Lipinski definition) is 2. The zero-order valence-corrected chi connectivity index (χ0v) is 10.8. The van der Waals surface area contributed by atoms with Crippen LogP contribution in [-0.2, 0) is 13.0 Å². The summed E-state index contributed by atoms with van der Waals surface area (Å²) in [6.45, 7) is 1.87. The predicted octanol–water partition coefficient (Wildman–Crippen LogP) is 2.93. The Morgan fingerprint density at radius 2 is 2.00 bits per heavy atom. The van der Waals surface area contributed by atoms with Crippen molar-refractivity contribution in [3.8, 4) is 5.75 Å². The molecule has 0 unspecified atom stereocenters. The number of benzene rings is 2. The Labute approximate surface area is 113 Å². The van der Waals surface area contributed by atoms with Gasteiger partial charge >= 0.3 is 0 Å². The monoisotopic (exact) mass is 254 g/mol. The topological polar surface area (TPSA) is 49.5 Å². The quantitative estimate of drug-likeness (QED) is 0.640. The number of nitrogen functional groups attached to an aromatic ring is 1. The fraction of sp³-hybridized carbons (Fsp3) is 0.250. The molecule has 2 aromatic rings. The van der Waals surface area contributed by atoms with Crippen LogP contribution in [0.5, 0.6) is 5.75 Å². The molecule has 0 atom stereocenters. The Morgan fingerprint density at radius 3 is 2.84 bits per heavy atom. The zero-order chi connectivity index (χ0) is 13.2. The van der Waals surface area contributed by atoms with Crippen LogP contribution < -0.4 is 10.6 Å². The highest BCUT2D eigenvalue weighted by molar-refractivity contribution is 5.57. The summed E-state index contributed by atoms with van der Waals surface area (Å²) in [5.74, 6) is 0.169. The van der Waals surface area contributed by atoms with E-state index in [0.29, 0.717) is 5.69 Å². The van der Waals surface area contributed by atoms with Crippen molar-refractivity contribution in [3.63, 3.8) is 0 Å². The van der Waals surface area contributed by atoms with Gasteiger partial charge in [0.15, 0.2) is 0 Å². The lowest BCUT2D eigenvalue weighted by Crippen LogP contribution is -2.28. The average Bonchev–Trinajstić information content (AvgIpc) is 2.43. The maximum absolute atomic E-state index is 9.68. The van der Waals surface area contributed by atoms with Gasteiger partial charge in [-0.25, -0.2) is 0 Å². The lowest BCUT2D eigenvalue weighted by molar-refractivity contribution is 0.477. The van der Waals surface area contributed by atoms with Gasteiger partial charge in [0, 0.05) is 18.8 Å². The zero-order valence-electron chi connectivity index (χ0n) is 10.8. The van der Waals surface area contributed by atoms with Gasteiger partial charge in [0.1, 0.15) is 5.75 Å². The summed E-state index contributed by atoms with van der Waals surface area (Å²) in [5, 5.41) is 9.68. The van der Waals surface area contributed by atoms with Gasteiger partial charge in [0.05, 0.1) is 5.69 Å². The number of nitrogens with zero attached hydrogens (tertiary/aromatic N) is 1. The Hall–Kier alpha value is -2.16. The first-order valence-electron chi connectivity index (χ1n) is 6.64. The largest absolute Gasteiger partial charge is 0.506 e. The normalized spacial score (nSPS) is 14.2. The third-order valence-corrected chi connectivity index (χ3v) is 3.67. The summed E-state index contributed by atoms with van der Waals surface area (Å²) in [6, 6.07) is 14.0. The molecular weight excluding hydrogens is 236 g/mol. The molecule has 0 bridgehead atoms. The van der Waals surface area contributed by atoms with Crippen molar-refractivity contribution in [2.24, 2.45) is 0 Å². The van der Waals surface area contributed by atoms with Crippen LogP contribution in [0.1, 0.15) is 17.5 Å². The Bertz CT molecular complexity index is 595. The van der Waals surface area contributed by atoms with E-state index < -0.39 is 0 Å². The van der Waals surface area contributed by atoms with Crippen molar-refractivity contribution in [2.75, 3.05) is 17.2 Å². The van der Waals surface area contributed by atoms with Crippen molar-refractivity contribution >= 4 is 11.4 Å². The van der Waals surface area contributed by atoms with Crippen molar-refractivity contribution in [1.82, 2.24) is 0 Å². The number of para-hydroxylation sites is 1. The van der Waals surface area contributed by atoms with Crippen LogP contribution >= 0.6 is 0 Å². The minimum atomic E-state index is 0.169. The van der Waals surface area contributed by atoms with Crippen LogP contribution in [0, 0.1) is 0 Å². The Kier molecular flexibility index (Phi) is 3.03. The van der Waals surface area contributed by atoms with Crippen LogP contribution in [0.25, 0.3) is 0 Å². The van der Waals surface area contributed by atoms with Crippen LogP contribution in [0.2, 0.25) is 0 Å². The van der Waals surface area contributed by atoms with E-state index in [4.69, 9.17) is 5.73 Å². The molecule has 3 nitrogen and oxygen atoms in total. The van der Waals surface area contributed by atoms with E-state index in [1.807, 2.05) is 6.07 Å². The molecule has 0 fully saturated rings. The van der Waals surface area contributed by atoms with E-state index in [1.54, 1.807) is 12.1 Å². The molecule has 0 spiro atoms. The number of hydrogen-bond acceptors (Lipinski definition) is 3. The fourth-order valence-electron chi connectivity index (χ4n) is 2.68. The number of anilines is 2. The van der Waals surface area contributed by atoms with Crippen molar-refractivity contribution < 1.29 is 5.11 Å². The van der Waals surface area contributed by atoms with Crippen LogP contribution in [0.4, 0.5) is 11.4 Å². The minimum absolute atomic E-state index is 0.169. The summed E-state index contributed by atoms with van der Waals surface area (Å²) in [6.07, 6.45) is 2.33. The summed E-state index contributed by atoms with van der Waals surface area (Å²) in [4.78, 5) is 2.36. The van der Waals surface area contributed by atoms with Gasteiger partial charge in [-0.1, -0.05) is 24.3 Å². The molecule has 0 amide bonds. The Balaban J connectivity index is 1.86. The Morgan fingerprint density at radius 1 is 1.16 bits per heavy atom. The molecule has 0 aliphatic carbocycles. The van der Waals surface area contributed by atoms with Gasteiger partial charge in [-0.05, 0) is 42.2 Å². The van der Waals surface area contributed by atoms with Gasteiger partial charge in [-0.3, -0.25) is 0 Å². The van der Waals surface area contributed by atoms with Gasteiger partial charge in [-0.2, -0.15) is 0 Å². The maximum atomic E-state index is 9.68. The standard InChI is InChI=1S/C16H18N2O/c17-14-8-7-12(10-16(14)19)11-18-9-3-5-13-4-1-2-6-15(13)18/h1-2,4,6-8,10,19H,3,5,9,11,17H2. The van der Waals surface area contributed by atoms with Gasteiger partial charge in [0.2, 0.25) is 0 Å². The lowest BCUT2D eigenvalue weighted by atomic mass is 10.0. The number of rotatable bonds is 2. The lowest BCUT2D eigenvalue weighted by Gasteiger charge is -2.31. The summed E-state index contributed by atoms with van der Waals surface area (Å²) >= 11 is 0. The third-order valence-electron chi connectivity index (χ3n) is 3.67. The van der Waals surface area contributed by atoms with E-state index >= 15 is 0 Å². The molecule has 3 rings (SSSR count). The van der Waals surface area contributed by atoms with Crippen molar-refractivity contribution in [2.45, 2.75) is 19.4 Å². The molecule has 3 N–H and O–H groups in total. The molecular formula is C16H18N2O. The minimum Gasteiger partial charge on any atom is -0.506 e. The number of aryl methyl sites for hydroxylation is 1. The van der Waals surface area contributed by atoms with Crippen LogP contribution in [-0.4, -0.2) is 11.7 Å². The summed E-state index contributed by atoms with van der Waals surface area (Å²) in [7, 11) is 0. The maximum Gasteiger partial charge on any atom is 0.138 e. The summed E-state index contributed by atoms with van der Waals surface area (Å²) < 4.78 is 0. The molecule has 1 heterocycles. The molecule has 2 aromatic carbocycles. The fourth-order valence-corrected chi connectivity index (χ4v) is 2.68. The van der Waals surface area contributed by atoms with Crippen molar-refractivity contribution in [3.05, 3.63) is 53.6 Å². The van der Waals surface area contributed by atoms with E-state index in [9.17, 15) is 5.11 Å². The highest BCUT2D eigenvalue weighted by Gasteiger charge is 2.16. The average molecular weight is 254 g/mol. The van der Waals surface area contributed by atoms with Crippen LogP contribution in [0.15, 0.2) is 42.5 Å². The smallest absolute Gasteiger partial charge is 0.138 e. The number of phenols is 1. The molecule has 1 aliphatic rings. The van der Waals surface area contributed by atoms with Gasteiger partial charge in [0.25, 0.3) is 0 Å². The molecule has 0 saturated carbocycles. The van der Waals surface area contributed by atoms with E-state index in [0.717, 1.165) is 25.1 Å². The van der Waals surface area contributed by atoms with Gasteiger partial charge < -0.3 is 15.7 Å². The molecule has 0 aromatic heterocycles. The first-order chi connectivity index (χ1) is 9.24. The van der Waals surface area contributed by atoms with Crippen molar-refractivity contribution in [1.29, 1.82) is 0 Å². The predicted molar refractivity (Wildman–Crippen MR) is 78.3 cm³/mol. The van der Waals surface area contributed by atoms with E-state index in [-0.39, 0.29) is 5.75 Å². The number of nitrogens with two attached hydrogens (primary N) is 1. The number of fused-ring (bicyclic) bond motifs is 1. The molecule has 0 radical (unpaired) electrons. The van der Waals surface area contributed by atoms with E-state index in [1.165, 1.54) is 17.7 Å². The van der Waals surface area contributed by atoms with Crippen LogP contribution in [0.3, 0.4) is 0 Å². The molecule has 3 heteroatoms. The number of phenolic OH excluding ortho intramolecular Hbond substituents is 1. The molecule has 0 saturated heterocycles. The summed E-state index contributed by atoms with van der Waals surface area (Å²) in [5.41, 5.74) is 9.88. The highest BCUT2D eigenvalue weighted by atomic mass is 16.3. The second kappa shape index (κ2) is 4.84. The highest BCUT2D eigenvalue weighted by Crippen LogP contribution is 2.29. The third kappa shape index (κ3) is 2.36. The molecule has 98 valence electrons.